The molecule has 1 atom stereocenters. The number of hydrogen-bond donors (Lipinski definition) is 2. The maximum atomic E-state index is 13.8. The highest BCUT2D eigenvalue weighted by Gasteiger charge is 2.38. The Morgan fingerprint density at radius 1 is 1.15 bits per heavy atom. The largest absolute Gasteiger partial charge is 0.465 e. The number of carbonyl (C=O) groups excluding carboxylic acids is 2. The van der Waals surface area contributed by atoms with Crippen molar-refractivity contribution in [3.8, 4) is 5.69 Å². The Labute approximate surface area is 233 Å². The number of anilines is 2. The first kappa shape index (κ1) is 27.7. The van der Waals surface area contributed by atoms with Gasteiger partial charge in [-0.05, 0) is 35.7 Å². The van der Waals surface area contributed by atoms with E-state index in [2.05, 4.69) is 20.5 Å². The first-order valence-electron chi connectivity index (χ1n) is 12.8. The van der Waals surface area contributed by atoms with E-state index < -0.39 is 24.1 Å². The monoisotopic (exact) mass is 566 g/mol. The molecule has 1 saturated heterocycles. The van der Waals surface area contributed by atoms with Crippen molar-refractivity contribution in [2.24, 2.45) is 5.41 Å². The van der Waals surface area contributed by atoms with Crippen molar-refractivity contribution in [3.63, 3.8) is 0 Å². The lowest BCUT2D eigenvalue weighted by atomic mass is 9.84. The summed E-state index contributed by atoms with van der Waals surface area (Å²) in [5.41, 5.74) is 0.0276. The molecule has 4 heterocycles. The molecule has 0 bridgehead atoms. The van der Waals surface area contributed by atoms with Gasteiger partial charge in [-0.2, -0.15) is 10.2 Å². The number of benzene rings is 1. The van der Waals surface area contributed by atoms with Gasteiger partial charge < -0.3 is 20.2 Å². The molecule has 1 aromatic carbocycles. The number of rotatable bonds is 6. The number of carbonyl (C=O) groups is 3. The Bertz CT molecular complexity index is 1610. The van der Waals surface area contributed by atoms with Crippen LogP contribution in [0.2, 0.25) is 0 Å². The van der Waals surface area contributed by atoms with Crippen LogP contribution in [0.5, 0.6) is 0 Å². The number of carboxylic acid groups (broad SMARTS) is 1. The molecule has 214 valence electrons. The molecule has 0 spiro atoms. The van der Waals surface area contributed by atoms with Crippen LogP contribution in [0.1, 0.15) is 53.6 Å². The molecule has 5 rings (SSSR count). The quantitative estimate of drug-likeness (QED) is 0.332. The van der Waals surface area contributed by atoms with E-state index >= 15 is 0 Å². The van der Waals surface area contributed by atoms with Gasteiger partial charge in [0.2, 0.25) is 0 Å². The topological polar surface area (TPSA) is 138 Å². The normalized spacial score (nSPS) is 15.9. The number of aldehydes is 1. The summed E-state index contributed by atoms with van der Waals surface area (Å²) in [7, 11) is 0. The molecular weight excluding hydrogens is 538 g/mol. The minimum absolute atomic E-state index is 0.0617. The summed E-state index contributed by atoms with van der Waals surface area (Å²) in [5, 5.41) is 20.2. The smallest absolute Gasteiger partial charge is 0.407 e. The molecule has 4 aromatic rings. The molecule has 0 radical (unpaired) electrons. The van der Waals surface area contributed by atoms with Crippen LogP contribution in [-0.4, -0.2) is 78.3 Å². The summed E-state index contributed by atoms with van der Waals surface area (Å²) in [6.45, 7) is 7.03. The molecule has 1 aliphatic heterocycles. The molecular formula is C27H28F2N8O4. The average Bonchev–Trinajstić information content (AvgIpc) is 3.56. The highest BCUT2D eigenvalue weighted by molar-refractivity contribution is 6.08. The molecule has 2 amide bonds. The van der Waals surface area contributed by atoms with Crippen molar-refractivity contribution in [1.82, 2.24) is 29.3 Å². The number of piperazine rings is 1. The van der Waals surface area contributed by atoms with Crippen molar-refractivity contribution >= 4 is 35.4 Å². The second-order valence-corrected chi connectivity index (χ2v) is 10.8. The van der Waals surface area contributed by atoms with Crippen LogP contribution in [0, 0.1) is 5.41 Å². The van der Waals surface area contributed by atoms with Gasteiger partial charge in [0, 0.05) is 31.4 Å². The lowest BCUT2D eigenvalue weighted by Gasteiger charge is -2.47. The van der Waals surface area contributed by atoms with Crippen LogP contribution in [0.3, 0.4) is 0 Å². The van der Waals surface area contributed by atoms with Gasteiger partial charge in [0.25, 0.3) is 12.3 Å². The fourth-order valence-electron chi connectivity index (χ4n) is 4.82. The number of amides is 2. The van der Waals surface area contributed by atoms with E-state index in [0.717, 1.165) is 0 Å². The number of hydrogen-bond acceptors (Lipinski definition) is 7. The number of halogens is 2. The van der Waals surface area contributed by atoms with Crippen LogP contribution >= 0.6 is 0 Å². The molecule has 1 fully saturated rings. The second-order valence-electron chi connectivity index (χ2n) is 10.8. The van der Waals surface area contributed by atoms with Crippen LogP contribution < -0.4 is 10.2 Å². The van der Waals surface area contributed by atoms with E-state index in [0.29, 0.717) is 36.4 Å². The van der Waals surface area contributed by atoms with E-state index in [-0.39, 0.29) is 34.9 Å². The van der Waals surface area contributed by atoms with Crippen molar-refractivity contribution < 1.29 is 28.3 Å². The van der Waals surface area contributed by atoms with E-state index in [4.69, 9.17) is 0 Å². The zero-order valence-electron chi connectivity index (χ0n) is 22.5. The number of nitrogens with one attached hydrogen (secondary N) is 1. The van der Waals surface area contributed by atoms with E-state index in [1.54, 1.807) is 24.4 Å². The average molecular weight is 567 g/mol. The van der Waals surface area contributed by atoms with Gasteiger partial charge >= 0.3 is 6.09 Å². The van der Waals surface area contributed by atoms with Gasteiger partial charge in [-0.15, -0.1) is 0 Å². The number of nitrogens with zero attached hydrogens (tertiary/aromatic N) is 7. The van der Waals surface area contributed by atoms with Crippen molar-refractivity contribution in [2.75, 3.05) is 29.9 Å². The highest BCUT2D eigenvalue weighted by atomic mass is 19.3. The predicted octanol–water partition coefficient (Wildman–Crippen LogP) is 4.13. The zero-order valence-corrected chi connectivity index (χ0v) is 22.5. The Kier molecular flexibility index (Phi) is 7.15. The van der Waals surface area contributed by atoms with Gasteiger partial charge in [0.05, 0.1) is 29.8 Å². The van der Waals surface area contributed by atoms with Crippen molar-refractivity contribution in [1.29, 1.82) is 0 Å². The molecule has 3 aromatic heterocycles. The maximum absolute atomic E-state index is 13.8. The minimum Gasteiger partial charge on any atom is -0.465 e. The minimum atomic E-state index is -2.96. The van der Waals surface area contributed by atoms with Gasteiger partial charge in [0.1, 0.15) is 17.7 Å². The SMILES string of the molecule is CC(C)(C)C1CN(C(=O)O)CCN1c1ccn2ncc(C(=O)Nc3cn(-c4ccc(C=O)cc4)nc3C(F)F)c2n1. The molecule has 41 heavy (non-hydrogen) atoms. The molecule has 1 unspecified atom stereocenters. The molecule has 2 N–H and O–H groups in total. The Morgan fingerprint density at radius 2 is 1.88 bits per heavy atom. The Hall–Kier alpha value is -4.88. The zero-order chi connectivity index (χ0) is 29.5. The third-order valence-electron chi connectivity index (χ3n) is 7.04. The summed E-state index contributed by atoms with van der Waals surface area (Å²) in [4.78, 5) is 43.9. The predicted molar refractivity (Wildman–Crippen MR) is 145 cm³/mol. The summed E-state index contributed by atoms with van der Waals surface area (Å²) in [5.74, 6) is -0.164. The molecule has 0 aliphatic carbocycles. The van der Waals surface area contributed by atoms with Crippen molar-refractivity contribution in [2.45, 2.75) is 33.2 Å². The lowest BCUT2D eigenvalue weighted by Crippen LogP contribution is -2.59. The van der Waals surface area contributed by atoms with Crippen LogP contribution in [0.25, 0.3) is 11.3 Å². The lowest BCUT2D eigenvalue weighted by molar-refractivity contribution is 0.102. The Morgan fingerprint density at radius 3 is 2.51 bits per heavy atom. The van der Waals surface area contributed by atoms with E-state index in [1.165, 1.54) is 38.6 Å². The first-order chi connectivity index (χ1) is 19.5. The highest BCUT2D eigenvalue weighted by Crippen LogP contribution is 2.32. The van der Waals surface area contributed by atoms with Gasteiger partial charge in [-0.3, -0.25) is 9.59 Å². The standard InChI is InChI=1S/C27H28F2N8O4/c1-27(2,3)20-14-34(26(40)41)10-11-35(20)21-8-9-36-24(32-21)18(12-30-36)25(39)31-19-13-37(33-22(19)23(28)29)17-6-4-16(15-38)5-7-17/h4-9,12-13,15,20,23H,10-11,14H2,1-3H3,(H,31,39)(H,40,41). The molecule has 0 saturated carbocycles. The second kappa shape index (κ2) is 10.6. The summed E-state index contributed by atoms with van der Waals surface area (Å²) in [6, 6.07) is 7.70. The fraction of sp³-hybridized carbons (Fsp3) is 0.333. The van der Waals surface area contributed by atoms with Crippen molar-refractivity contribution in [3.05, 3.63) is 65.7 Å². The van der Waals surface area contributed by atoms with Crippen LogP contribution in [-0.2, 0) is 0 Å². The van der Waals surface area contributed by atoms with Gasteiger partial charge in [0.15, 0.2) is 11.3 Å². The summed E-state index contributed by atoms with van der Waals surface area (Å²) >= 11 is 0. The third-order valence-corrected chi connectivity index (χ3v) is 7.04. The third kappa shape index (κ3) is 5.44. The maximum Gasteiger partial charge on any atom is 0.407 e. The van der Waals surface area contributed by atoms with E-state index in [9.17, 15) is 28.3 Å². The van der Waals surface area contributed by atoms with Gasteiger partial charge in [-0.1, -0.05) is 20.8 Å². The molecule has 1 aliphatic rings. The number of alkyl halides is 2. The number of aromatic nitrogens is 5. The van der Waals surface area contributed by atoms with Gasteiger partial charge in [-0.25, -0.2) is 27.8 Å². The number of fused-ring (bicyclic) bond motifs is 1. The Balaban J connectivity index is 1.45. The van der Waals surface area contributed by atoms with Crippen LogP contribution in [0.4, 0.5) is 25.1 Å². The molecule has 14 heteroatoms. The fourth-order valence-corrected chi connectivity index (χ4v) is 4.82. The summed E-state index contributed by atoms with van der Waals surface area (Å²) < 4.78 is 30.3. The first-order valence-corrected chi connectivity index (χ1v) is 12.8. The molecule has 12 nitrogen and oxygen atoms in total. The van der Waals surface area contributed by atoms with Crippen LogP contribution in [0.15, 0.2) is 48.9 Å². The van der Waals surface area contributed by atoms with E-state index in [1.807, 2.05) is 25.7 Å². The summed E-state index contributed by atoms with van der Waals surface area (Å²) in [6.07, 6.45) is 0.932.